The van der Waals surface area contributed by atoms with Crippen molar-refractivity contribution in [2.24, 2.45) is 17.6 Å². The van der Waals surface area contributed by atoms with Crippen molar-refractivity contribution in [1.82, 2.24) is 4.90 Å². The van der Waals surface area contributed by atoms with Gasteiger partial charge in [0.25, 0.3) is 0 Å². The predicted molar refractivity (Wildman–Crippen MR) is 64.5 cm³/mol. The van der Waals surface area contributed by atoms with Crippen LogP contribution in [0.15, 0.2) is 0 Å². The van der Waals surface area contributed by atoms with E-state index in [0.717, 1.165) is 19.4 Å². The summed E-state index contributed by atoms with van der Waals surface area (Å²) in [6.45, 7) is 9.00. The van der Waals surface area contributed by atoms with Crippen molar-refractivity contribution in [3.63, 3.8) is 0 Å². The quantitative estimate of drug-likeness (QED) is 0.733. The molecule has 0 aliphatic heterocycles. The molecular weight excluding hydrogens is 188 g/mol. The molecule has 0 aromatic heterocycles. The van der Waals surface area contributed by atoms with Crippen LogP contribution in [0.4, 0.5) is 0 Å². The maximum atomic E-state index is 11.7. The minimum absolute atomic E-state index is 0.130. The number of hydrogen-bond acceptors (Lipinski definition) is 2. The highest BCUT2D eigenvalue weighted by atomic mass is 16.2. The van der Waals surface area contributed by atoms with Crippen molar-refractivity contribution in [2.45, 2.75) is 46.6 Å². The van der Waals surface area contributed by atoms with E-state index in [1.807, 2.05) is 20.9 Å². The number of carbonyl (C=O) groups excluding carboxylic acids is 1. The van der Waals surface area contributed by atoms with E-state index in [1.54, 1.807) is 4.90 Å². The fraction of sp³-hybridized carbons (Fsp3) is 0.917. The van der Waals surface area contributed by atoms with Crippen LogP contribution < -0.4 is 5.73 Å². The number of carbonyl (C=O) groups is 1. The van der Waals surface area contributed by atoms with Gasteiger partial charge in [0.15, 0.2) is 0 Å². The highest BCUT2D eigenvalue weighted by Crippen LogP contribution is 2.08. The van der Waals surface area contributed by atoms with Crippen LogP contribution in [-0.4, -0.2) is 30.4 Å². The summed E-state index contributed by atoms with van der Waals surface area (Å²) in [4.78, 5) is 13.5. The third-order valence-corrected chi connectivity index (χ3v) is 3.06. The third-order valence-electron chi connectivity index (χ3n) is 3.06. The van der Waals surface area contributed by atoms with E-state index in [1.165, 1.54) is 0 Å². The summed E-state index contributed by atoms with van der Waals surface area (Å²) in [6.07, 6.45) is 1.79. The molecule has 0 rings (SSSR count). The number of nitrogens with zero attached hydrogens (tertiary/aromatic N) is 1. The average Bonchev–Trinajstić information content (AvgIpc) is 2.22. The normalized spacial score (nSPS) is 15.1. The largest absolute Gasteiger partial charge is 0.345 e. The molecule has 0 bridgehead atoms. The lowest BCUT2D eigenvalue weighted by molar-refractivity contribution is -0.133. The lowest BCUT2D eigenvalue weighted by Gasteiger charge is -2.23. The van der Waals surface area contributed by atoms with Gasteiger partial charge in [-0.2, -0.15) is 0 Å². The zero-order chi connectivity index (χ0) is 12.0. The Balaban J connectivity index is 3.93. The van der Waals surface area contributed by atoms with Gasteiger partial charge < -0.3 is 10.6 Å². The summed E-state index contributed by atoms with van der Waals surface area (Å²) in [7, 11) is 1.86. The van der Waals surface area contributed by atoms with E-state index in [-0.39, 0.29) is 17.9 Å². The zero-order valence-corrected chi connectivity index (χ0v) is 10.8. The molecule has 0 saturated heterocycles. The second kappa shape index (κ2) is 6.83. The SMILES string of the molecule is CCC(C)C(=O)N(C)CCC(N)C(C)C. The van der Waals surface area contributed by atoms with Gasteiger partial charge in [0, 0.05) is 25.6 Å². The molecule has 0 radical (unpaired) electrons. The van der Waals surface area contributed by atoms with Crippen LogP contribution in [-0.2, 0) is 4.79 Å². The molecule has 3 heteroatoms. The summed E-state index contributed by atoms with van der Waals surface area (Å²) in [5.41, 5.74) is 5.94. The fourth-order valence-electron chi connectivity index (χ4n) is 1.34. The van der Waals surface area contributed by atoms with Gasteiger partial charge in [0.1, 0.15) is 0 Å². The Morgan fingerprint density at radius 2 is 1.87 bits per heavy atom. The Morgan fingerprint density at radius 1 is 1.33 bits per heavy atom. The van der Waals surface area contributed by atoms with Gasteiger partial charge in [0.05, 0.1) is 0 Å². The molecule has 0 heterocycles. The molecule has 90 valence electrons. The first kappa shape index (κ1) is 14.4. The molecular formula is C12H26N2O. The minimum Gasteiger partial charge on any atom is -0.345 e. The molecule has 0 aromatic carbocycles. The number of rotatable bonds is 6. The third kappa shape index (κ3) is 5.17. The average molecular weight is 214 g/mol. The van der Waals surface area contributed by atoms with Gasteiger partial charge in [-0.25, -0.2) is 0 Å². The smallest absolute Gasteiger partial charge is 0.225 e. The molecule has 1 amide bonds. The van der Waals surface area contributed by atoms with E-state index in [9.17, 15) is 4.79 Å². The molecule has 15 heavy (non-hydrogen) atoms. The van der Waals surface area contributed by atoms with E-state index in [2.05, 4.69) is 13.8 Å². The monoisotopic (exact) mass is 214 g/mol. The number of nitrogens with two attached hydrogens (primary N) is 1. The van der Waals surface area contributed by atoms with E-state index in [0.29, 0.717) is 5.92 Å². The molecule has 2 N–H and O–H groups in total. The van der Waals surface area contributed by atoms with Crippen LogP contribution in [0.2, 0.25) is 0 Å². The summed E-state index contributed by atoms with van der Waals surface area (Å²) in [6, 6.07) is 0.192. The minimum atomic E-state index is 0.130. The summed E-state index contributed by atoms with van der Waals surface area (Å²) in [5.74, 6) is 0.843. The molecule has 2 atom stereocenters. The molecule has 0 aliphatic carbocycles. The number of amides is 1. The van der Waals surface area contributed by atoms with Crippen LogP contribution in [0, 0.1) is 11.8 Å². The van der Waals surface area contributed by atoms with Gasteiger partial charge in [0.2, 0.25) is 5.91 Å². The first-order valence-electron chi connectivity index (χ1n) is 5.90. The van der Waals surface area contributed by atoms with E-state index in [4.69, 9.17) is 5.73 Å². The Kier molecular flexibility index (Phi) is 6.57. The molecule has 0 aliphatic rings. The first-order chi connectivity index (χ1) is 6.90. The lowest BCUT2D eigenvalue weighted by atomic mass is 10.0. The molecule has 3 nitrogen and oxygen atoms in total. The topological polar surface area (TPSA) is 46.3 Å². The highest BCUT2D eigenvalue weighted by Gasteiger charge is 2.16. The van der Waals surface area contributed by atoms with Crippen molar-refractivity contribution in [2.75, 3.05) is 13.6 Å². The standard InChI is InChI=1S/C12H26N2O/c1-6-10(4)12(15)14(5)8-7-11(13)9(2)3/h9-11H,6-8,13H2,1-5H3. The van der Waals surface area contributed by atoms with Crippen LogP contribution in [0.3, 0.4) is 0 Å². The molecule has 0 aromatic rings. The van der Waals surface area contributed by atoms with Crippen LogP contribution in [0.5, 0.6) is 0 Å². The van der Waals surface area contributed by atoms with Crippen molar-refractivity contribution < 1.29 is 4.79 Å². The Bertz CT molecular complexity index is 192. The van der Waals surface area contributed by atoms with E-state index < -0.39 is 0 Å². The maximum absolute atomic E-state index is 11.7. The van der Waals surface area contributed by atoms with E-state index >= 15 is 0 Å². The zero-order valence-electron chi connectivity index (χ0n) is 10.8. The van der Waals surface area contributed by atoms with Crippen LogP contribution in [0.25, 0.3) is 0 Å². The van der Waals surface area contributed by atoms with Crippen molar-refractivity contribution >= 4 is 5.91 Å². The first-order valence-corrected chi connectivity index (χ1v) is 5.90. The second-order valence-electron chi connectivity index (χ2n) is 4.77. The fourth-order valence-corrected chi connectivity index (χ4v) is 1.34. The summed E-state index contributed by atoms with van der Waals surface area (Å²) < 4.78 is 0. The summed E-state index contributed by atoms with van der Waals surface area (Å²) in [5, 5.41) is 0. The van der Waals surface area contributed by atoms with Crippen LogP contribution in [0.1, 0.15) is 40.5 Å². The van der Waals surface area contributed by atoms with Gasteiger partial charge in [-0.3, -0.25) is 4.79 Å². The summed E-state index contributed by atoms with van der Waals surface area (Å²) >= 11 is 0. The molecule has 0 spiro atoms. The molecule has 0 saturated carbocycles. The van der Waals surface area contributed by atoms with Gasteiger partial charge in [-0.05, 0) is 18.8 Å². The highest BCUT2D eigenvalue weighted by molar-refractivity contribution is 5.78. The molecule has 2 unspecified atom stereocenters. The Labute approximate surface area is 94.0 Å². The predicted octanol–water partition coefficient (Wildman–Crippen LogP) is 1.86. The van der Waals surface area contributed by atoms with Gasteiger partial charge in [-0.1, -0.05) is 27.7 Å². The maximum Gasteiger partial charge on any atom is 0.225 e. The lowest BCUT2D eigenvalue weighted by Crippen LogP contribution is -2.36. The van der Waals surface area contributed by atoms with Crippen molar-refractivity contribution in [3.05, 3.63) is 0 Å². The number of hydrogen-bond donors (Lipinski definition) is 1. The Hall–Kier alpha value is -0.570. The van der Waals surface area contributed by atoms with Crippen LogP contribution >= 0.6 is 0 Å². The van der Waals surface area contributed by atoms with Crippen molar-refractivity contribution in [1.29, 1.82) is 0 Å². The Morgan fingerprint density at radius 3 is 2.27 bits per heavy atom. The second-order valence-corrected chi connectivity index (χ2v) is 4.77. The van der Waals surface area contributed by atoms with Gasteiger partial charge >= 0.3 is 0 Å². The van der Waals surface area contributed by atoms with Gasteiger partial charge in [-0.15, -0.1) is 0 Å². The van der Waals surface area contributed by atoms with Crippen molar-refractivity contribution in [3.8, 4) is 0 Å². The molecule has 0 fully saturated rings.